The maximum absolute atomic E-state index is 14.7. The third kappa shape index (κ3) is 6.49. The Morgan fingerprint density at radius 2 is 1.08 bits per heavy atom. The van der Waals surface area contributed by atoms with Gasteiger partial charge in [0, 0.05) is 13.1 Å². The molecule has 0 bridgehead atoms. The Kier molecular flexibility index (Phi) is 8.91. The van der Waals surface area contributed by atoms with E-state index in [0.717, 1.165) is 25.7 Å². The van der Waals surface area contributed by atoms with E-state index in [4.69, 9.17) is 14.2 Å². The third-order valence-electron chi connectivity index (χ3n) is 9.18. The van der Waals surface area contributed by atoms with Gasteiger partial charge in [-0.3, -0.25) is 18.5 Å². The molecule has 51 heavy (non-hydrogen) atoms. The zero-order valence-electron chi connectivity index (χ0n) is 28.3. The number of rotatable bonds is 14. The largest absolute Gasteiger partial charge is 0.497 e. The molecule has 0 atom stereocenters. The van der Waals surface area contributed by atoms with Crippen molar-refractivity contribution in [3.63, 3.8) is 0 Å². The SMILES string of the molecule is COc1ccc(Cn2c(N(S(=O)(=O)c3ccc(OC)cc3)S(=O)(=O)c3ccc(OC)cc3)nc3c2c(=O)n(CC2CC2)c(=O)n3CC2CC2)cc1. The highest BCUT2D eigenvalue weighted by Crippen LogP contribution is 2.36. The number of ether oxygens (including phenoxy) is 3. The van der Waals surface area contributed by atoms with Crippen molar-refractivity contribution in [3.8, 4) is 17.2 Å². The van der Waals surface area contributed by atoms with Crippen molar-refractivity contribution >= 4 is 37.2 Å². The molecule has 0 radical (unpaired) electrons. The summed E-state index contributed by atoms with van der Waals surface area (Å²) in [6, 6.07) is 17.3. The van der Waals surface area contributed by atoms with Crippen LogP contribution in [0.25, 0.3) is 11.2 Å². The van der Waals surface area contributed by atoms with Gasteiger partial charge in [-0.25, -0.2) is 4.79 Å². The van der Waals surface area contributed by atoms with Crippen LogP contribution in [-0.2, 0) is 39.7 Å². The molecule has 2 fully saturated rings. The summed E-state index contributed by atoms with van der Waals surface area (Å²) in [5.74, 6) is 1.01. The number of aromatic nitrogens is 4. The molecule has 2 aromatic heterocycles. The van der Waals surface area contributed by atoms with E-state index < -0.39 is 37.2 Å². The molecule has 0 saturated heterocycles. The Morgan fingerprint density at radius 1 is 0.647 bits per heavy atom. The zero-order valence-corrected chi connectivity index (χ0v) is 29.9. The number of hydrogen-bond acceptors (Lipinski definition) is 10. The lowest BCUT2D eigenvalue weighted by atomic mass is 10.2. The minimum absolute atomic E-state index is 0.0819. The van der Waals surface area contributed by atoms with Gasteiger partial charge in [0.15, 0.2) is 11.2 Å². The van der Waals surface area contributed by atoms with Crippen molar-refractivity contribution in [3.05, 3.63) is 99.2 Å². The topological polar surface area (TPSA) is 161 Å². The van der Waals surface area contributed by atoms with Gasteiger partial charge in [0.25, 0.3) is 25.6 Å². The van der Waals surface area contributed by atoms with Gasteiger partial charge in [0.2, 0.25) is 5.95 Å². The highest BCUT2D eigenvalue weighted by molar-refractivity contribution is 8.10. The highest BCUT2D eigenvalue weighted by Gasteiger charge is 2.42. The molecule has 0 N–H and O–H groups in total. The second-order valence-electron chi connectivity index (χ2n) is 12.8. The van der Waals surface area contributed by atoms with Crippen molar-refractivity contribution in [2.75, 3.05) is 25.0 Å². The molecule has 5 aromatic rings. The van der Waals surface area contributed by atoms with E-state index in [1.165, 1.54) is 83.6 Å². The molecule has 268 valence electrons. The van der Waals surface area contributed by atoms with Gasteiger partial charge in [0.1, 0.15) is 17.2 Å². The van der Waals surface area contributed by atoms with E-state index in [1.54, 1.807) is 24.3 Å². The van der Waals surface area contributed by atoms with Gasteiger partial charge < -0.3 is 14.2 Å². The summed E-state index contributed by atoms with van der Waals surface area (Å²) in [6.45, 7) is 0.276. The van der Waals surface area contributed by atoms with Gasteiger partial charge in [-0.1, -0.05) is 12.1 Å². The van der Waals surface area contributed by atoms with Crippen molar-refractivity contribution in [2.45, 2.75) is 55.1 Å². The van der Waals surface area contributed by atoms with Crippen LogP contribution in [-0.4, -0.2) is 56.9 Å². The number of anilines is 1. The number of nitrogens with zero attached hydrogens (tertiary/aromatic N) is 5. The normalized spacial score (nSPS) is 14.8. The molecule has 16 heteroatoms. The molecule has 14 nitrogen and oxygen atoms in total. The van der Waals surface area contributed by atoms with E-state index in [1.807, 2.05) is 0 Å². The minimum Gasteiger partial charge on any atom is -0.497 e. The highest BCUT2D eigenvalue weighted by atomic mass is 32.3. The van der Waals surface area contributed by atoms with Crippen LogP contribution in [0.1, 0.15) is 31.2 Å². The summed E-state index contributed by atoms with van der Waals surface area (Å²) in [5, 5.41) is 0. The minimum atomic E-state index is -4.98. The first-order chi connectivity index (χ1) is 24.5. The van der Waals surface area contributed by atoms with Crippen molar-refractivity contribution in [2.24, 2.45) is 11.8 Å². The Balaban J connectivity index is 1.55. The molecule has 0 amide bonds. The number of benzene rings is 3. The predicted molar refractivity (Wildman–Crippen MR) is 189 cm³/mol. The summed E-state index contributed by atoms with van der Waals surface area (Å²) in [4.78, 5) is 32.3. The van der Waals surface area contributed by atoms with Gasteiger partial charge in [-0.15, -0.1) is 3.71 Å². The summed E-state index contributed by atoms with van der Waals surface area (Å²) < 4.78 is 78.8. The molecule has 3 aromatic carbocycles. The molecule has 0 aliphatic heterocycles. The van der Waals surface area contributed by atoms with E-state index in [9.17, 15) is 26.4 Å². The van der Waals surface area contributed by atoms with Crippen molar-refractivity contribution in [1.29, 1.82) is 0 Å². The van der Waals surface area contributed by atoms with Gasteiger partial charge in [-0.2, -0.15) is 21.8 Å². The van der Waals surface area contributed by atoms with Crippen LogP contribution in [0.2, 0.25) is 0 Å². The Morgan fingerprint density at radius 3 is 1.51 bits per heavy atom. The molecule has 2 heterocycles. The van der Waals surface area contributed by atoms with Gasteiger partial charge in [0.05, 0.1) is 37.7 Å². The summed E-state index contributed by atoms with van der Waals surface area (Å²) >= 11 is 0. The van der Waals surface area contributed by atoms with Crippen LogP contribution < -0.4 is 29.2 Å². The Hall–Kier alpha value is -5.09. The maximum atomic E-state index is 14.7. The van der Waals surface area contributed by atoms with Crippen molar-refractivity contribution in [1.82, 2.24) is 18.7 Å². The first kappa shape index (κ1) is 34.4. The quantitative estimate of drug-likeness (QED) is 0.164. The number of fused-ring (bicyclic) bond motifs is 1. The summed E-state index contributed by atoms with van der Waals surface area (Å²) in [5.41, 5.74) is -0.818. The molecule has 2 aliphatic rings. The zero-order chi connectivity index (χ0) is 36.1. The fraction of sp³-hybridized carbons (Fsp3) is 0.343. The first-order valence-electron chi connectivity index (χ1n) is 16.4. The van der Waals surface area contributed by atoms with Gasteiger partial charge >= 0.3 is 5.69 Å². The van der Waals surface area contributed by atoms with Crippen LogP contribution in [0.3, 0.4) is 0 Å². The van der Waals surface area contributed by atoms with E-state index in [-0.39, 0.29) is 56.1 Å². The van der Waals surface area contributed by atoms with Crippen LogP contribution in [0.4, 0.5) is 5.95 Å². The van der Waals surface area contributed by atoms with Crippen LogP contribution >= 0.6 is 0 Å². The predicted octanol–water partition coefficient (Wildman–Crippen LogP) is 3.84. The summed E-state index contributed by atoms with van der Waals surface area (Å²) in [7, 11) is -5.60. The number of sulfonamides is 2. The van der Waals surface area contributed by atoms with Crippen LogP contribution in [0, 0.1) is 11.8 Å². The van der Waals surface area contributed by atoms with Crippen molar-refractivity contribution < 1.29 is 31.0 Å². The number of hydrogen-bond donors (Lipinski definition) is 0. The number of methoxy groups -OCH3 is 3. The molecular formula is C35H37N5O9S2. The monoisotopic (exact) mass is 735 g/mol. The second kappa shape index (κ2) is 13.2. The van der Waals surface area contributed by atoms with Crippen LogP contribution in [0.5, 0.6) is 17.2 Å². The molecule has 7 rings (SSSR count). The smallest absolute Gasteiger partial charge is 0.332 e. The molecule has 2 saturated carbocycles. The molecule has 0 spiro atoms. The average Bonchev–Trinajstić information content (AvgIpc) is 4.08. The first-order valence-corrected chi connectivity index (χ1v) is 19.3. The van der Waals surface area contributed by atoms with E-state index in [0.29, 0.717) is 22.8 Å². The molecular weight excluding hydrogens is 699 g/mol. The second-order valence-corrected chi connectivity index (χ2v) is 16.6. The number of imidazole rings is 1. The average molecular weight is 736 g/mol. The lowest BCUT2D eigenvalue weighted by molar-refractivity contribution is 0.414. The van der Waals surface area contributed by atoms with E-state index in [2.05, 4.69) is 4.98 Å². The third-order valence-corrected chi connectivity index (χ3v) is 13.3. The van der Waals surface area contributed by atoms with Gasteiger partial charge in [-0.05, 0) is 104 Å². The fourth-order valence-corrected chi connectivity index (χ4v) is 9.56. The fourth-order valence-electron chi connectivity index (χ4n) is 5.96. The summed E-state index contributed by atoms with van der Waals surface area (Å²) in [6.07, 6.45) is 3.49. The molecule has 0 unspecified atom stereocenters. The Bertz CT molecular complexity index is 2350. The molecule has 2 aliphatic carbocycles. The standard InChI is InChI=1S/C35H37N5O9S2/c1-47-26-10-8-25(9-11-26)20-37-31-32(38(21-23-4-5-23)35(42)39(33(31)41)22-24-6-7-24)36-34(37)40(50(43,44)29-16-12-27(48-2)13-17-29)51(45,46)30-18-14-28(49-3)15-19-30/h8-19,23-24H,4-7,20-22H2,1-3H3. The van der Waals surface area contributed by atoms with Crippen LogP contribution in [0.15, 0.2) is 92.2 Å². The Labute approximate surface area is 294 Å². The maximum Gasteiger partial charge on any atom is 0.332 e. The van der Waals surface area contributed by atoms with E-state index >= 15 is 0 Å². The lowest BCUT2D eigenvalue weighted by Crippen LogP contribution is -2.41. The lowest BCUT2D eigenvalue weighted by Gasteiger charge is -2.24.